The first kappa shape index (κ1) is 12.6. The Hall–Kier alpha value is -1.88. The van der Waals surface area contributed by atoms with Crippen molar-refractivity contribution < 1.29 is 9.13 Å². The van der Waals surface area contributed by atoms with Crippen LogP contribution in [0.25, 0.3) is 11.3 Å². The lowest BCUT2D eigenvalue weighted by molar-refractivity contribution is 0.415. The van der Waals surface area contributed by atoms with Gasteiger partial charge in [0, 0.05) is 18.3 Å². The van der Waals surface area contributed by atoms with Gasteiger partial charge in [-0.05, 0) is 25.1 Å². The fraction of sp³-hybridized carbons (Fsp3) is 0.308. The van der Waals surface area contributed by atoms with Crippen LogP contribution in [0.4, 0.5) is 4.39 Å². The second kappa shape index (κ2) is 4.78. The van der Waals surface area contributed by atoms with E-state index in [0.29, 0.717) is 23.6 Å². The van der Waals surface area contributed by atoms with Crippen LogP contribution in [0, 0.1) is 12.7 Å². The molecule has 0 aliphatic heterocycles. The monoisotopic (exact) mass is 249 g/mol. The average molecular weight is 249 g/mol. The van der Waals surface area contributed by atoms with E-state index < -0.39 is 0 Å². The minimum atomic E-state index is -0.315. The van der Waals surface area contributed by atoms with Crippen LogP contribution in [0.15, 0.2) is 18.2 Å². The zero-order valence-corrected chi connectivity index (χ0v) is 10.7. The number of methoxy groups -OCH3 is 1. The lowest BCUT2D eigenvalue weighted by atomic mass is 10.1. The second-order valence-corrected chi connectivity index (χ2v) is 4.07. The van der Waals surface area contributed by atoms with Crippen molar-refractivity contribution >= 4 is 0 Å². The zero-order valence-electron chi connectivity index (χ0n) is 10.7. The average Bonchev–Trinajstić information content (AvgIpc) is 2.66. The van der Waals surface area contributed by atoms with Crippen LogP contribution in [0.3, 0.4) is 0 Å². The first-order chi connectivity index (χ1) is 8.58. The number of hydrogen-bond donors (Lipinski definition) is 1. The highest BCUT2D eigenvalue weighted by Crippen LogP contribution is 2.32. The van der Waals surface area contributed by atoms with Gasteiger partial charge in [0.2, 0.25) is 0 Å². The Kier molecular flexibility index (Phi) is 3.34. The highest BCUT2D eigenvalue weighted by Gasteiger charge is 2.16. The first-order valence-electron chi connectivity index (χ1n) is 5.64. The lowest BCUT2D eigenvalue weighted by Gasteiger charge is -2.07. The van der Waals surface area contributed by atoms with Crippen molar-refractivity contribution in [3.63, 3.8) is 0 Å². The summed E-state index contributed by atoms with van der Waals surface area (Å²) < 4.78 is 20.5. The van der Waals surface area contributed by atoms with Crippen LogP contribution >= 0.6 is 0 Å². The van der Waals surface area contributed by atoms with Crippen molar-refractivity contribution in [1.82, 2.24) is 9.55 Å². The molecule has 0 spiro atoms. The predicted molar refractivity (Wildman–Crippen MR) is 67.8 cm³/mol. The molecule has 2 rings (SSSR count). The summed E-state index contributed by atoms with van der Waals surface area (Å²) in [6.45, 7) is 2.26. The Morgan fingerprint density at radius 2 is 2.17 bits per heavy atom. The van der Waals surface area contributed by atoms with Crippen molar-refractivity contribution in [1.29, 1.82) is 0 Å². The summed E-state index contributed by atoms with van der Waals surface area (Å²) >= 11 is 0. The number of imidazole rings is 1. The smallest absolute Gasteiger partial charge is 0.128 e. The molecule has 0 amide bonds. The number of nitrogens with two attached hydrogens (primary N) is 1. The van der Waals surface area contributed by atoms with Gasteiger partial charge in [-0.3, -0.25) is 0 Å². The maximum absolute atomic E-state index is 13.4. The van der Waals surface area contributed by atoms with Gasteiger partial charge in [0.25, 0.3) is 0 Å². The Morgan fingerprint density at radius 1 is 1.44 bits per heavy atom. The summed E-state index contributed by atoms with van der Waals surface area (Å²) in [7, 11) is 3.44. The minimum Gasteiger partial charge on any atom is -0.496 e. The van der Waals surface area contributed by atoms with Crippen LogP contribution in [-0.4, -0.2) is 16.7 Å². The summed E-state index contributed by atoms with van der Waals surface area (Å²) in [5.41, 5.74) is 7.90. The van der Waals surface area contributed by atoms with Gasteiger partial charge in [-0.15, -0.1) is 0 Å². The molecule has 1 aromatic carbocycles. The number of aromatic nitrogens is 2. The van der Waals surface area contributed by atoms with E-state index in [9.17, 15) is 4.39 Å². The van der Waals surface area contributed by atoms with Gasteiger partial charge in [0.15, 0.2) is 0 Å². The summed E-state index contributed by atoms with van der Waals surface area (Å²) in [6, 6.07) is 4.39. The lowest BCUT2D eigenvalue weighted by Crippen LogP contribution is -2.05. The van der Waals surface area contributed by atoms with Gasteiger partial charge in [-0.25, -0.2) is 9.37 Å². The van der Waals surface area contributed by atoms with Crippen LogP contribution < -0.4 is 10.5 Å². The molecule has 18 heavy (non-hydrogen) atoms. The van der Waals surface area contributed by atoms with Crippen molar-refractivity contribution in [3.8, 4) is 17.0 Å². The molecule has 2 N–H and O–H groups in total. The molecule has 0 radical (unpaired) electrons. The maximum atomic E-state index is 13.4. The standard InChI is InChI=1S/C13H16FN3O/c1-8-13(16-12(7-15)17(8)2)10-6-9(14)4-5-11(10)18-3/h4-6H,7,15H2,1-3H3. The molecule has 0 saturated carbocycles. The van der Waals surface area contributed by atoms with Gasteiger partial charge < -0.3 is 15.0 Å². The number of nitrogens with zero attached hydrogens (tertiary/aromatic N) is 2. The van der Waals surface area contributed by atoms with E-state index in [1.165, 1.54) is 12.1 Å². The number of rotatable bonds is 3. The molecule has 0 fully saturated rings. The molecule has 4 nitrogen and oxygen atoms in total. The summed E-state index contributed by atoms with van der Waals surface area (Å²) in [4.78, 5) is 4.44. The molecule has 96 valence electrons. The highest BCUT2D eigenvalue weighted by molar-refractivity contribution is 5.69. The van der Waals surface area contributed by atoms with Gasteiger partial charge in [-0.2, -0.15) is 0 Å². The highest BCUT2D eigenvalue weighted by atomic mass is 19.1. The third-order valence-electron chi connectivity index (χ3n) is 3.07. The molecular weight excluding hydrogens is 233 g/mol. The molecule has 0 unspecified atom stereocenters. The van der Waals surface area contributed by atoms with E-state index in [1.54, 1.807) is 13.2 Å². The topological polar surface area (TPSA) is 53.1 Å². The van der Waals surface area contributed by atoms with E-state index in [-0.39, 0.29) is 5.82 Å². The van der Waals surface area contributed by atoms with Crippen molar-refractivity contribution in [2.75, 3.05) is 7.11 Å². The van der Waals surface area contributed by atoms with E-state index in [4.69, 9.17) is 10.5 Å². The first-order valence-corrected chi connectivity index (χ1v) is 5.64. The normalized spacial score (nSPS) is 10.7. The minimum absolute atomic E-state index is 0.315. The summed E-state index contributed by atoms with van der Waals surface area (Å²) in [6.07, 6.45) is 0. The van der Waals surface area contributed by atoms with E-state index in [1.807, 2.05) is 18.5 Å². The number of halogens is 1. The van der Waals surface area contributed by atoms with E-state index in [0.717, 1.165) is 11.5 Å². The maximum Gasteiger partial charge on any atom is 0.128 e. The Balaban J connectivity index is 2.64. The summed E-state index contributed by atoms with van der Waals surface area (Å²) in [5, 5.41) is 0. The summed E-state index contributed by atoms with van der Waals surface area (Å²) in [5.74, 6) is 1.04. The van der Waals surface area contributed by atoms with Gasteiger partial charge in [-0.1, -0.05) is 0 Å². The zero-order chi connectivity index (χ0) is 13.3. The van der Waals surface area contributed by atoms with E-state index in [2.05, 4.69) is 4.98 Å². The molecule has 1 heterocycles. The second-order valence-electron chi connectivity index (χ2n) is 4.07. The van der Waals surface area contributed by atoms with Crippen LogP contribution in [0.1, 0.15) is 11.5 Å². The molecule has 0 aliphatic carbocycles. The van der Waals surface area contributed by atoms with Gasteiger partial charge in [0.1, 0.15) is 17.4 Å². The molecule has 0 aliphatic rings. The molecule has 5 heteroatoms. The van der Waals surface area contributed by atoms with Crippen molar-refractivity contribution in [2.24, 2.45) is 12.8 Å². The Morgan fingerprint density at radius 3 is 2.72 bits per heavy atom. The van der Waals surface area contributed by atoms with Crippen LogP contribution in [0.5, 0.6) is 5.75 Å². The third-order valence-corrected chi connectivity index (χ3v) is 3.07. The largest absolute Gasteiger partial charge is 0.496 e. The number of ether oxygens (including phenoxy) is 1. The van der Waals surface area contributed by atoms with Gasteiger partial charge >= 0.3 is 0 Å². The molecule has 0 bridgehead atoms. The molecule has 1 aromatic heterocycles. The quantitative estimate of drug-likeness (QED) is 0.905. The van der Waals surface area contributed by atoms with Crippen molar-refractivity contribution in [2.45, 2.75) is 13.5 Å². The van der Waals surface area contributed by atoms with Crippen LogP contribution in [0.2, 0.25) is 0 Å². The molecule has 0 atom stereocenters. The SMILES string of the molecule is COc1ccc(F)cc1-c1nc(CN)n(C)c1C. The fourth-order valence-corrected chi connectivity index (χ4v) is 1.94. The third kappa shape index (κ3) is 1.97. The molecule has 2 aromatic rings. The van der Waals surface area contributed by atoms with Crippen molar-refractivity contribution in [3.05, 3.63) is 35.5 Å². The molecular formula is C13H16FN3O. The number of benzene rings is 1. The van der Waals surface area contributed by atoms with Crippen LogP contribution in [-0.2, 0) is 13.6 Å². The Labute approximate surface area is 105 Å². The number of hydrogen-bond acceptors (Lipinski definition) is 3. The molecule has 0 saturated heterocycles. The van der Waals surface area contributed by atoms with E-state index >= 15 is 0 Å². The predicted octanol–water partition coefficient (Wildman–Crippen LogP) is 2.00. The fourth-order valence-electron chi connectivity index (χ4n) is 1.94. The van der Waals surface area contributed by atoms with Gasteiger partial charge in [0.05, 0.1) is 19.3 Å². The Bertz CT molecular complexity index is 578.